The molecule has 1 aliphatic heterocycles. The first-order valence-corrected chi connectivity index (χ1v) is 9.74. The lowest BCUT2D eigenvalue weighted by Crippen LogP contribution is -2.25. The summed E-state index contributed by atoms with van der Waals surface area (Å²) in [4.78, 5) is 17.8. The number of thioether (sulfide) groups is 1. The van der Waals surface area contributed by atoms with Gasteiger partial charge < -0.3 is 19.9 Å². The summed E-state index contributed by atoms with van der Waals surface area (Å²) in [6.07, 6.45) is 4.27. The third kappa shape index (κ3) is 3.91. The van der Waals surface area contributed by atoms with Crippen molar-refractivity contribution in [3.8, 4) is 5.75 Å². The molecule has 0 aliphatic carbocycles. The number of hydrogen-bond donors (Lipinski definition) is 2. The van der Waals surface area contributed by atoms with E-state index in [0.29, 0.717) is 17.5 Å². The summed E-state index contributed by atoms with van der Waals surface area (Å²) in [6.45, 7) is 2.40. The number of fused-ring (bicyclic) bond motifs is 1. The lowest BCUT2D eigenvalue weighted by Gasteiger charge is -2.18. The lowest BCUT2D eigenvalue weighted by molar-refractivity contribution is 0.325. The van der Waals surface area contributed by atoms with Gasteiger partial charge in [0.05, 0.1) is 12.9 Å². The SMILES string of the molecule is CN(CCOc1ccc(CC2CNCS2)cc1)c1ncnc2nc[nH]c12. The molecule has 0 bridgehead atoms. The molecule has 1 saturated heterocycles. The van der Waals surface area contributed by atoms with Crippen molar-refractivity contribution >= 4 is 28.7 Å². The molecule has 4 rings (SSSR count). The van der Waals surface area contributed by atoms with Crippen LogP contribution in [0.15, 0.2) is 36.9 Å². The van der Waals surface area contributed by atoms with Crippen LogP contribution in [0.4, 0.5) is 5.82 Å². The normalized spacial score (nSPS) is 16.9. The highest BCUT2D eigenvalue weighted by Crippen LogP contribution is 2.21. The summed E-state index contributed by atoms with van der Waals surface area (Å²) >= 11 is 1.99. The van der Waals surface area contributed by atoms with Crippen molar-refractivity contribution in [3.05, 3.63) is 42.5 Å². The fraction of sp³-hybridized carbons (Fsp3) is 0.389. The highest BCUT2D eigenvalue weighted by molar-refractivity contribution is 8.00. The molecule has 2 aromatic heterocycles. The Morgan fingerprint density at radius 3 is 2.92 bits per heavy atom. The van der Waals surface area contributed by atoms with Gasteiger partial charge in [-0.1, -0.05) is 12.1 Å². The number of ether oxygens (including phenoxy) is 1. The van der Waals surface area contributed by atoms with Crippen LogP contribution in [-0.4, -0.2) is 57.8 Å². The number of aromatic nitrogens is 4. The number of hydrogen-bond acceptors (Lipinski definition) is 7. The van der Waals surface area contributed by atoms with Crippen LogP contribution in [0.5, 0.6) is 5.75 Å². The number of rotatable bonds is 7. The average Bonchev–Trinajstić information content (AvgIpc) is 3.34. The van der Waals surface area contributed by atoms with E-state index in [9.17, 15) is 0 Å². The number of likely N-dealkylation sites (N-methyl/N-ethyl adjacent to an activating group) is 1. The van der Waals surface area contributed by atoms with E-state index in [1.807, 2.05) is 23.7 Å². The molecule has 26 heavy (non-hydrogen) atoms. The molecule has 2 N–H and O–H groups in total. The van der Waals surface area contributed by atoms with Crippen molar-refractivity contribution in [2.45, 2.75) is 11.7 Å². The van der Waals surface area contributed by atoms with E-state index in [0.717, 1.165) is 42.5 Å². The second-order valence-corrected chi connectivity index (χ2v) is 7.59. The number of imidazole rings is 1. The molecule has 1 aromatic carbocycles. The summed E-state index contributed by atoms with van der Waals surface area (Å²) in [6, 6.07) is 8.44. The average molecular weight is 370 g/mol. The van der Waals surface area contributed by atoms with Crippen molar-refractivity contribution in [3.63, 3.8) is 0 Å². The fourth-order valence-electron chi connectivity index (χ4n) is 3.02. The van der Waals surface area contributed by atoms with E-state index in [2.05, 4.69) is 49.5 Å². The van der Waals surface area contributed by atoms with Gasteiger partial charge in [-0.25, -0.2) is 15.0 Å². The van der Waals surface area contributed by atoms with Gasteiger partial charge in [-0.3, -0.25) is 0 Å². The minimum absolute atomic E-state index is 0.581. The number of benzene rings is 1. The molecule has 1 fully saturated rings. The van der Waals surface area contributed by atoms with Gasteiger partial charge in [0, 0.05) is 24.7 Å². The quantitative estimate of drug-likeness (QED) is 0.659. The van der Waals surface area contributed by atoms with Gasteiger partial charge in [-0.2, -0.15) is 0 Å². The predicted octanol–water partition coefficient (Wildman–Crippen LogP) is 2.07. The molecule has 0 spiro atoms. The van der Waals surface area contributed by atoms with Gasteiger partial charge in [0.15, 0.2) is 11.5 Å². The topological polar surface area (TPSA) is 79.0 Å². The largest absolute Gasteiger partial charge is 0.492 e. The summed E-state index contributed by atoms with van der Waals surface area (Å²) in [5.74, 6) is 2.79. The third-order valence-corrected chi connectivity index (χ3v) is 5.62. The molecule has 1 unspecified atom stereocenters. The molecule has 136 valence electrons. The van der Waals surface area contributed by atoms with Crippen LogP contribution < -0.4 is 15.0 Å². The summed E-state index contributed by atoms with van der Waals surface area (Å²) in [7, 11) is 1.99. The zero-order valence-corrected chi connectivity index (χ0v) is 15.5. The van der Waals surface area contributed by atoms with Gasteiger partial charge in [-0.05, 0) is 24.1 Å². The molecular formula is C18H22N6OS. The van der Waals surface area contributed by atoms with E-state index >= 15 is 0 Å². The molecule has 0 radical (unpaired) electrons. The first-order chi connectivity index (χ1) is 12.8. The van der Waals surface area contributed by atoms with E-state index in [1.165, 1.54) is 11.9 Å². The minimum atomic E-state index is 0.581. The Hall–Kier alpha value is -2.32. The zero-order chi connectivity index (χ0) is 17.8. The number of aromatic amines is 1. The number of anilines is 1. The van der Waals surface area contributed by atoms with Crippen molar-refractivity contribution in [1.29, 1.82) is 0 Å². The van der Waals surface area contributed by atoms with E-state index in [-0.39, 0.29) is 0 Å². The van der Waals surface area contributed by atoms with Crippen LogP contribution in [0.25, 0.3) is 11.2 Å². The van der Waals surface area contributed by atoms with Gasteiger partial charge in [0.1, 0.15) is 24.2 Å². The van der Waals surface area contributed by atoms with Crippen molar-refractivity contribution in [2.75, 3.05) is 37.5 Å². The van der Waals surface area contributed by atoms with E-state index in [4.69, 9.17) is 4.74 Å². The Balaban J connectivity index is 1.29. The molecule has 0 amide bonds. The molecule has 8 heteroatoms. The van der Waals surface area contributed by atoms with Gasteiger partial charge in [-0.15, -0.1) is 11.8 Å². The standard InChI is InChI=1S/C18H22N6OS/c1-24(18-16-17(21-10-20-16)22-11-23-18)6-7-25-14-4-2-13(3-5-14)8-15-9-19-12-26-15/h2-5,10-11,15,19H,6-9,12H2,1H3,(H,20,21,22,23). The van der Waals surface area contributed by atoms with Crippen LogP contribution in [0.2, 0.25) is 0 Å². The zero-order valence-electron chi connectivity index (χ0n) is 14.7. The second kappa shape index (κ2) is 7.92. The maximum absolute atomic E-state index is 5.89. The summed E-state index contributed by atoms with van der Waals surface area (Å²) < 4.78 is 5.89. The third-order valence-electron chi connectivity index (χ3n) is 4.44. The Bertz CT molecular complexity index is 846. The highest BCUT2D eigenvalue weighted by atomic mass is 32.2. The van der Waals surface area contributed by atoms with E-state index in [1.54, 1.807) is 6.33 Å². The molecule has 1 atom stereocenters. The maximum atomic E-state index is 5.89. The van der Waals surface area contributed by atoms with Crippen molar-refractivity contribution in [1.82, 2.24) is 25.3 Å². The summed E-state index contributed by atoms with van der Waals surface area (Å²) in [5.41, 5.74) is 2.88. The molecule has 3 heterocycles. The van der Waals surface area contributed by atoms with Crippen molar-refractivity contribution < 1.29 is 4.74 Å². The van der Waals surface area contributed by atoms with Gasteiger partial charge >= 0.3 is 0 Å². The molecule has 1 aliphatic rings. The Kier molecular flexibility index (Phi) is 5.21. The van der Waals surface area contributed by atoms with E-state index < -0.39 is 0 Å². The molecule has 3 aromatic rings. The maximum Gasteiger partial charge on any atom is 0.182 e. The lowest BCUT2D eigenvalue weighted by atomic mass is 10.1. The number of nitrogens with zero attached hydrogens (tertiary/aromatic N) is 4. The van der Waals surface area contributed by atoms with Crippen molar-refractivity contribution in [2.24, 2.45) is 0 Å². The second-order valence-electron chi connectivity index (χ2n) is 6.30. The Morgan fingerprint density at radius 1 is 1.23 bits per heavy atom. The Morgan fingerprint density at radius 2 is 2.12 bits per heavy atom. The number of H-pyrrole nitrogens is 1. The predicted molar refractivity (Wildman–Crippen MR) is 105 cm³/mol. The van der Waals surface area contributed by atoms with Crippen LogP contribution >= 0.6 is 11.8 Å². The smallest absolute Gasteiger partial charge is 0.182 e. The molecule has 7 nitrogen and oxygen atoms in total. The van der Waals surface area contributed by atoms with Crippen LogP contribution in [0.3, 0.4) is 0 Å². The first kappa shape index (κ1) is 17.1. The molecule has 0 saturated carbocycles. The first-order valence-electron chi connectivity index (χ1n) is 8.69. The summed E-state index contributed by atoms with van der Waals surface area (Å²) in [5, 5.41) is 4.07. The fourth-order valence-corrected chi connectivity index (χ4v) is 4.04. The minimum Gasteiger partial charge on any atom is -0.492 e. The van der Waals surface area contributed by atoms with Crippen LogP contribution in [0.1, 0.15) is 5.56 Å². The van der Waals surface area contributed by atoms with Gasteiger partial charge in [0.2, 0.25) is 0 Å². The highest BCUT2D eigenvalue weighted by Gasteiger charge is 2.15. The van der Waals surface area contributed by atoms with Crippen LogP contribution in [-0.2, 0) is 6.42 Å². The molecular weight excluding hydrogens is 348 g/mol. The van der Waals surface area contributed by atoms with Gasteiger partial charge in [0.25, 0.3) is 0 Å². The Labute approximate surface area is 156 Å². The monoisotopic (exact) mass is 370 g/mol. The van der Waals surface area contributed by atoms with Crippen LogP contribution in [0, 0.1) is 0 Å². The number of nitrogens with one attached hydrogen (secondary N) is 2.